The van der Waals surface area contributed by atoms with Crippen LogP contribution in [0, 0.1) is 10.1 Å². The van der Waals surface area contributed by atoms with Crippen molar-refractivity contribution >= 4 is 45.4 Å². The molecule has 10 heteroatoms. The largest absolute Gasteiger partial charge is 0.507 e. The van der Waals surface area contributed by atoms with E-state index >= 15 is 0 Å². The standard InChI is InChI=1S/C23H16N4O5S/c28-18-9-5-4-8-17(18)19(29)20-21(25-22(30)14-6-2-1-3-7-14)26-23(33-20)24-15-10-12-16(13-11-15)27(31)32/h1-13,28H,(H,24,26)(H,25,30). The number of aromatic hydroxyl groups is 1. The molecule has 9 nitrogen and oxygen atoms in total. The summed E-state index contributed by atoms with van der Waals surface area (Å²) >= 11 is 0.982. The lowest BCUT2D eigenvalue weighted by molar-refractivity contribution is -0.384. The molecule has 4 aromatic rings. The molecule has 0 bridgehead atoms. The Morgan fingerprint density at radius 1 is 0.939 bits per heavy atom. The fourth-order valence-corrected chi connectivity index (χ4v) is 3.85. The number of hydrogen-bond acceptors (Lipinski definition) is 8. The summed E-state index contributed by atoms with van der Waals surface area (Å²) in [6.45, 7) is 0. The van der Waals surface area contributed by atoms with Crippen LogP contribution in [0.3, 0.4) is 0 Å². The van der Waals surface area contributed by atoms with Gasteiger partial charge in [0.25, 0.3) is 11.6 Å². The molecule has 0 aliphatic carbocycles. The van der Waals surface area contributed by atoms with Crippen LogP contribution in [0.4, 0.5) is 22.3 Å². The maximum absolute atomic E-state index is 13.1. The summed E-state index contributed by atoms with van der Waals surface area (Å²) in [7, 11) is 0. The van der Waals surface area contributed by atoms with Gasteiger partial charge in [0.05, 0.1) is 10.5 Å². The Balaban J connectivity index is 1.68. The van der Waals surface area contributed by atoms with Crippen LogP contribution in [0.15, 0.2) is 78.9 Å². The van der Waals surface area contributed by atoms with Gasteiger partial charge >= 0.3 is 0 Å². The van der Waals surface area contributed by atoms with Gasteiger partial charge < -0.3 is 15.7 Å². The molecule has 3 aromatic carbocycles. The Morgan fingerprint density at radius 3 is 2.27 bits per heavy atom. The second-order valence-electron chi connectivity index (χ2n) is 6.79. The third kappa shape index (κ3) is 4.86. The van der Waals surface area contributed by atoms with Crippen LogP contribution in [-0.4, -0.2) is 26.7 Å². The number of nitro benzene ring substituents is 1. The molecular weight excluding hydrogens is 444 g/mol. The summed E-state index contributed by atoms with van der Waals surface area (Å²) in [4.78, 5) is 40.6. The number of thiazole rings is 1. The van der Waals surface area contributed by atoms with Gasteiger partial charge in [-0.05, 0) is 36.4 Å². The van der Waals surface area contributed by atoms with E-state index in [-0.39, 0.29) is 32.8 Å². The Bertz CT molecular complexity index is 1340. The van der Waals surface area contributed by atoms with Gasteiger partial charge in [0.15, 0.2) is 10.9 Å². The van der Waals surface area contributed by atoms with Gasteiger partial charge in [-0.2, -0.15) is 0 Å². The van der Waals surface area contributed by atoms with E-state index in [0.717, 1.165) is 11.3 Å². The monoisotopic (exact) mass is 460 g/mol. The first kappa shape index (κ1) is 21.7. The molecule has 1 aromatic heterocycles. The Kier molecular flexibility index (Phi) is 6.09. The maximum atomic E-state index is 13.1. The van der Waals surface area contributed by atoms with Crippen molar-refractivity contribution in [1.82, 2.24) is 4.98 Å². The number of nitrogens with one attached hydrogen (secondary N) is 2. The van der Waals surface area contributed by atoms with E-state index < -0.39 is 16.6 Å². The van der Waals surface area contributed by atoms with Crippen LogP contribution in [-0.2, 0) is 0 Å². The number of anilines is 3. The number of hydrogen-bond donors (Lipinski definition) is 3. The third-order valence-electron chi connectivity index (χ3n) is 4.58. The Morgan fingerprint density at radius 2 is 1.61 bits per heavy atom. The lowest BCUT2D eigenvalue weighted by Crippen LogP contribution is -2.14. The number of amides is 1. The molecule has 0 spiro atoms. The molecule has 0 atom stereocenters. The number of phenols is 1. The van der Waals surface area contributed by atoms with Crippen molar-refractivity contribution < 1.29 is 19.6 Å². The summed E-state index contributed by atoms with van der Waals surface area (Å²) < 4.78 is 0. The average Bonchev–Trinajstić information content (AvgIpc) is 3.21. The highest BCUT2D eigenvalue weighted by atomic mass is 32.1. The zero-order chi connectivity index (χ0) is 23.4. The van der Waals surface area contributed by atoms with Crippen LogP contribution in [0.1, 0.15) is 25.6 Å². The van der Waals surface area contributed by atoms with Crippen LogP contribution < -0.4 is 10.6 Å². The van der Waals surface area contributed by atoms with E-state index in [9.17, 15) is 24.8 Å². The minimum atomic E-state index is -0.509. The van der Waals surface area contributed by atoms with E-state index in [4.69, 9.17) is 0 Å². The first-order valence-corrected chi connectivity index (χ1v) is 10.5. The molecule has 0 saturated carbocycles. The van der Waals surface area contributed by atoms with E-state index in [1.165, 1.54) is 36.4 Å². The molecule has 33 heavy (non-hydrogen) atoms. The fraction of sp³-hybridized carbons (Fsp3) is 0. The second kappa shape index (κ2) is 9.28. The lowest BCUT2D eigenvalue weighted by Gasteiger charge is -2.06. The van der Waals surface area contributed by atoms with Crippen molar-refractivity contribution in [1.29, 1.82) is 0 Å². The fourth-order valence-electron chi connectivity index (χ4n) is 2.96. The summed E-state index contributed by atoms with van der Waals surface area (Å²) in [6.07, 6.45) is 0. The molecule has 0 unspecified atom stereocenters. The molecule has 0 radical (unpaired) electrons. The zero-order valence-electron chi connectivity index (χ0n) is 16.9. The third-order valence-corrected chi connectivity index (χ3v) is 5.55. The van der Waals surface area contributed by atoms with Gasteiger partial charge in [-0.15, -0.1) is 0 Å². The van der Waals surface area contributed by atoms with Gasteiger partial charge in [0, 0.05) is 23.4 Å². The highest BCUT2D eigenvalue weighted by molar-refractivity contribution is 7.18. The van der Waals surface area contributed by atoms with Crippen molar-refractivity contribution in [2.45, 2.75) is 0 Å². The molecule has 0 saturated heterocycles. The van der Waals surface area contributed by atoms with E-state index in [2.05, 4.69) is 15.6 Å². The number of carbonyl (C=O) groups is 2. The SMILES string of the molecule is O=C(Nc1nc(Nc2ccc([N+](=O)[O-])cc2)sc1C(=O)c1ccccc1O)c1ccccc1. The second-order valence-corrected chi connectivity index (χ2v) is 7.79. The van der Waals surface area contributed by atoms with Crippen molar-refractivity contribution in [2.75, 3.05) is 10.6 Å². The highest BCUT2D eigenvalue weighted by Gasteiger charge is 2.23. The van der Waals surface area contributed by atoms with Crippen LogP contribution >= 0.6 is 11.3 Å². The molecule has 0 fully saturated rings. The minimum Gasteiger partial charge on any atom is -0.507 e. The van der Waals surface area contributed by atoms with Gasteiger partial charge in [-0.25, -0.2) is 4.98 Å². The number of nitrogens with zero attached hydrogens (tertiary/aromatic N) is 2. The molecule has 3 N–H and O–H groups in total. The normalized spacial score (nSPS) is 10.4. The Labute approximate surface area is 191 Å². The Hall–Kier alpha value is -4.57. The number of carbonyl (C=O) groups excluding carboxylic acids is 2. The smallest absolute Gasteiger partial charge is 0.269 e. The summed E-state index contributed by atoms with van der Waals surface area (Å²) in [5.41, 5.74) is 0.900. The predicted molar refractivity (Wildman–Crippen MR) is 124 cm³/mol. The summed E-state index contributed by atoms with van der Waals surface area (Å²) in [6, 6.07) is 20.2. The summed E-state index contributed by atoms with van der Waals surface area (Å²) in [5.74, 6) is -1.12. The number of phenolic OH excluding ortho intramolecular Hbond substituents is 1. The maximum Gasteiger partial charge on any atom is 0.269 e. The lowest BCUT2D eigenvalue weighted by atomic mass is 10.1. The number of para-hydroxylation sites is 1. The molecular formula is C23H16N4O5S. The van der Waals surface area contributed by atoms with Crippen molar-refractivity contribution in [3.8, 4) is 5.75 Å². The summed E-state index contributed by atoms with van der Waals surface area (Å²) in [5, 5.41) is 26.9. The van der Waals surface area contributed by atoms with Crippen LogP contribution in [0.25, 0.3) is 0 Å². The molecule has 0 aliphatic rings. The molecule has 4 rings (SSSR count). The molecule has 1 amide bonds. The van der Waals surface area contributed by atoms with Gasteiger partial charge in [-0.3, -0.25) is 19.7 Å². The van der Waals surface area contributed by atoms with Crippen molar-refractivity contribution in [2.24, 2.45) is 0 Å². The van der Waals surface area contributed by atoms with Gasteiger partial charge in [0.2, 0.25) is 5.78 Å². The van der Waals surface area contributed by atoms with Crippen molar-refractivity contribution in [3.63, 3.8) is 0 Å². The number of nitro groups is 1. The van der Waals surface area contributed by atoms with E-state index in [0.29, 0.717) is 11.3 Å². The van der Waals surface area contributed by atoms with Crippen LogP contribution in [0.5, 0.6) is 5.75 Å². The molecule has 1 heterocycles. The predicted octanol–water partition coefficient (Wildman–Crippen LogP) is 4.98. The number of non-ortho nitro benzene ring substituents is 1. The number of benzene rings is 3. The average molecular weight is 460 g/mol. The van der Waals surface area contributed by atoms with Crippen LogP contribution in [0.2, 0.25) is 0 Å². The number of ketones is 1. The zero-order valence-corrected chi connectivity index (χ0v) is 17.7. The topological polar surface area (TPSA) is 134 Å². The molecule has 0 aliphatic heterocycles. The molecule has 164 valence electrons. The first-order valence-electron chi connectivity index (χ1n) is 9.64. The van der Waals surface area contributed by atoms with Gasteiger partial charge in [-0.1, -0.05) is 41.7 Å². The van der Waals surface area contributed by atoms with Gasteiger partial charge in [0.1, 0.15) is 10.6 Å². The van der Waals surface area contributed by atoms with E-state index in [1.807, 2.05) is 0 Å². The number of rotatable bonds is 7. The van der Waals surface area contributed by atoms with Crippen molar-refractivity contribution in [3.05, 3.63) is 105 Å². The minimum absolute atomic E-state index is 0.0338. The highest BCUT2D eigenvalue weighted by Crippen LogP contribution is 2.33. The quantitative estimate of drug-likeness (QED) is 0.201. The van der Waals surface area contributed by atoms with E-state index in [1.54, 1.807) is 42.5 Å². The number of aromatic nitrogens is 1. The first-order chi connectivity index (χ1) is 15.9.